The SMILES string of the molecule is CCCCCOc1ccc(NC(=O)C(=O)NCCCN2CCOCC2)cc1. The van der Waals surface area contributed by atoms with Gasteiger partial charge in [0.25, 0.3) is 0 Å². The first-order valence-electron chi connectivity index (χ1n) is 9.81. The van der Waals surface area contributed by atoms with Crippen LogP contribution in [0.4, 0.5) is 5.69 Å². The van der Waals surface area contributed by atoms with Crippen LogP contribution in [0.5, 0.6) is 5.75 Å². The quantitative estimate of drug-likeness (QED) is 0.482. The second-order valence-electron chi connectivity index (χ2n) is 6.60. The highest BCUT2D eigenvalue weighted by Gasteiger charge is 2.14. The molecule has 1 aromatic carbocycles. The number of amides is 2. The van der Waals surface area contributed by atoms with Gasteiger partial charge in [-0.1, -0.05) is 19.8 Å². The molecule has 0 atom stereocenters. The van der Waals surface area contributed by atoms with E-state index in [1.807, 2.05) is 0 Å². The van der Waals surface area contributed by atoms with Gasteiger partial charge in [-0.05, 0) is 43.7 Å². The minimum atomic E-state index is -0.655. The van der Waals surface area contributed by atoms with Gasteiger partial charge in [-0.3, -0.25) is 14.5 Å². The molecule has 7 heteroatoms. The van der Waals surface area contributed by atoms with Crippen LogP contribution >= 0.6 is 0 Å². The number of nitrogens with zero attached hydrogens (tertiary/aromatic N) is 1. The van der Waals surface area contributed by atoms with Crippen LogP contribution in [0, 0.1) is 0 Å². The zero-order valence-corrected chi connectivity index (χ0v) is 16.2. The lowest BCUT2D eigenvalue weighted by atomic mass is 10.2. The molecule has 0 bridgehead atoms. The van der Waals surface area contributed by atoms with Gasteiger partial charge in [-0.2, -0.15) is 0 Å². The number of unbranched alkanes of at least 4 members (excludes halogenated alkanes) is 2. The number of nitrogens with one attached hydrogen (secondary N) is 2. The Labute approximate surface area is 161 Å². The molecule has 150 valence electrons. The molecule has 0 aromatic heterocycles. The molecule has 0 aliphatic carbocycles. The number of anilines is 1. The maximum Gasteiger partial charge on any atom is 0.313 e. The average Bonchev–Trinajstić information content (AvgIpc) is 2.70. The van der Waals surface area contributed by atoms with E-state index >= 15 is 0 Å². The fraction of sp³-hybridized carbons (Fsp3) is 0.600. The maximum atomic E-state index is 12.0. The molecule has 0 radical (unpaired) electrons. The van der Waals surface area contributed by atoms with E-state index < -0.39 is 11.8 Å². The molecule has 2 N–H and O–H groups in total. The topological polar surface area (TPSA) is 79.9 Å². The third kappa shape index (κ3) is 8.41. The fourth-order valence-corrected chi connectivity index (χ4v) is 2.77. The van der Waals surface area contributed by atoms with Gasteiger partial charge in [-0.25, -0.2) is 0 Å². The van der Waals surface area contributed by atoms with Crippen molar-refractivity contribution < 1.29 is 19.1 Å². The van der Waals surface area contributed by atoms with Crippen LogP contribution in [-0.4, -0.2) is 62.7 Å². The van der Waals surface area contributed by atoms with Gasteiger partial charge in [0.1, 0.15) is 5.75 Å². The summed E-state index contributed by atoms with van der Waals surface area (Å²) < 4.78 is 10.9. The Kier molecular flexibility index (Phi) is 9.65. The van der Waals surface area contributed by atoms with E-state index in [1.165, 1.54) is 0 Å². The summed E-state index contributed by atoms with van der Waals surface area (Å²) in [5.41, 5.74) is 0.573. The fourth-order valence-electron chi connectivity index (χ4n) is 2.77. The zero-order chi connectivity index (χ0) is 19.3. The maximum absolute atomic E-state index is 12.0. The van der Waals surface area contributed by atoms with Crippen molar-refractivity contribution in [2.75, 3.05) is 51.3 Å². The Bertz CT molecular complexity index is 571. The summed E-state index contributed by atoms with van der Waals surface area (Å²) >= 11 is 0. The highest BCUT2D eigenvalue weighted by Crippen LogP contribution is 2.16. The second-order valence-corrected chi connectivity index (χ2v) is 6.60. The lowest BCUT2D eigenvalue weighted by Crippen LogP contribution is -2.39. The lowest BCUT2D eigenvalue weighted by molar-refractivity contribution is -0.136. The first kappa shape index (κ1) is 21.2. The third-order valence-electron chi connectivity index (χ3n) is 4.38. The van der Waals surface area contributed by atoms with Gasteiger partial charge in [-0.15, -0.1) is 0 Å². The molecule has 1 fully saturated rings. The molecule has 27 heavy (non-hydrogen) atoms. The Balaban J connectivity index is 1.62. The molecular weight excluding hydrogens is 346 g/mol. The smallest absolute Gasteiger partial charge is 0.313 e. The van der Waals surface area contributed by atoms with E-state index in [0.717, 1.165) is 64.3 Å². The third-order valence-corrected chi connectivity index (χ3v) is 4.38. The number of carbonyl (C=O) groups excluding carboxylic acids is 2. The van der Waals surface area contributed by atoms with Crippen LogP contribution in [-0.2, 0) is 14.3 Å². The van der Waals surface area contributed by atoms with Gasteiger partial charge in [0.2, 0.25) is 0 Å². The number of hydrogen-bond donors (Lipinski definition) is 2. The van der Waals surface area contributed by atoms with E-state index in [-0.39, 0.29) is 0 Å². The molecule has 2 amide bonds. The van der Waals surface area contributed by atoms with Gasteiger partial charge in [0.05, 0.1) is 19.8 Å². The molecule has 7 nitrogen and oxygen atoms in total. The largest absolute Gasteiger partial charge is 0.494 e. The number of benzene rings is 1. The van der Waals surface area contributed by atoms with E-state index in [2.05, 4.69) is 22.5 Å². The molecule has 1 aliphatic rings. The Morgan fingerprint density at radius 3 is 2.52 bits per heavy atom. The highest BCUT2D eigenvalue weighted by molar-refractivity contribution is 6.39. The summed E-state index contributed by atoms with van der Waals surface area (Å²) in [6, 6.07) is 7.06. The van der Waals surface area contributed by atoms with Crippen molar-refractivity contribution in [2.45, 2.75) is 32.6 Å². The Morgan fingerprint density at radius 2 is 1.81 bits per heavy atom. The molecule has 0 unspecified atom stereocenters. The van der Waals surface area contributed by atoms with Gasteiger partial charge < -0.3 is 20.1 Å². The van der Waals surface area contributed by atoms with Crippen molar-refractivity contribution in [3.8, 4) is 5.75 Å². The molecular formula is C20H31N3O4. The van der Waals surface area contributed by atoms with Crippen molar-refractivity contribution in [1.82, 2.24) is 10.2 Å². The minimum Gasteiger partial charge on any atom is -0.494 e. The van der Waals surface area contributed by atoms with Gasteiger partial charge in [0, 0.05) is 25.3 Å². The molecule has 1 saturated heterocycles. The van der Waals surface area contributed by atoms with E-state index in [4.69, 9.17) is 9.47 Å². The van der Waals surface area contributed by atoms with Gasteiger partial charge >= 0.3 is 11.8 Å². The first-order chi connectivity index (χ1) is 13.2. The van der Waals surface area contributed by atoms with Crippen LogP contribution in [0.1, 0.15) is 32.6 Å². The van der Waals surface area contributed by atoms with E-state index in [1.54, 1.807) is 24.3 Å². The zero-order valence-electron chi connectivity index (χ0n) is 16.2. The summed E-state index contributed by atoms with van der Waals surface area (Å²) in [6.07, 6.45) is 4.14. The predicted molar refractivity (Wildman–Crippen MR) is 105 cm³/mol. The monoisotopic (exact) mass is 377 g/mol. The minimum absolute atomic E-state index is 0.480. The number of morpholine rings is 1. The molecule has 1 aliphatic heterocycles. The van der Waals surface area contributed by atoms with Crippen molar-refractivity contribution in [3.05, 3.63) is 24.3 Å². The molecule has 0 saturated carbocycles. The standard InChI is InChI=1S/C20H31N3O4/c1-2-3-4-14-27-18-8-6-17(7-9-18)22-20(25)19(24)21-10-5-11-23-12-15-26-16-13-23/h6-9H,2-5,10-16H2,1H3,(H,21,24)(H,22,25). The summed E-state index contributed by atoms with van der Waals surface area (Å²) in [7, 11) is 0. The number of carbonyl (C=O) groups is 2. The molecule has 1 aromatic rings. The summed E-state index contributed by atoms with van der Waals surface area (Å²) in [6.45, 7) is 7.58. The Hall–Kier alpha value is -2.12. The Morgan fingerprint density at radius 1 is 1.07 bits per heavy atom. The number of ether oxygens (including phenoxy) is 2. The van der Waals surface area contributed by atoms with Gasteiger partial charge in [0.15, 0.2) is 0 Å². The molecule has 0 spiro atoms. The summed E-state index contributed by atoms with van der Waals surface area (Å²) in [5, 5.41) is 5.26. The highest BCUT2D eigenvalue weighted by atomic mass is 16.5. The predicted octanol–water partition coefficient (Wildman–Crippen LogP) is 2.03. The lowest BCUT2D eigenvalue weighted by Gasteiger charge is -2.26. The first-order valence-corrected chi connectivity index (χ1v) is 9.81. The van der Waals surface area contributed by atoms with E-state index in [0.29, 0.717) is 18.8 Å². The molecule has 1 heterocycles. The van der Waals surface area contributed by atoms with Crippen molar-refractivity contribution >= 4 is 17.5 Å². The van der Waals surface area contributed by atoms with Crippen LogP contribution in [0.25, 0.3) is 0 Å². The van der Waals surface area contributed by atoms with Crippen LogP contribution < -0.4 is 15.4 Å². The van der Waals surface area contributed by atoms with Crippen molar-refractivity contribution in [1.29, 1.82) is 0 Å². The molecule has 2 rings (SSSR count). The second kappa shape index (κ2) is 12.3. The van der Waals surface area contributed by atoms with Crippen LogP contribution in [0.2, 0.25) is 0 Å². The van der Waals surface area contributed by atoms with Crippen LogP contribution in [0.15, 0.2) is 24.3 Å². The number of rotatable bonds is 10. The van der Waals surface area contributed by atoms with Crippen molar-refractivity contribution in [3.63, 3.8) is 0 Å². The normalized spacial score (nSPS) is 14.6. The average molecular weight is 377 g/mol. The summed E-state index contributed by atoms with van der Waals surface area (Å²) in [5.74, 6) is -0.508. The number of hydrogen-bond acceptors (Lipinski definition) is 5. The summed E-state index contributed by atoms with van der Waals surface area (Å²) in [4.78, 5) is 26.1. The van der Waals surface area contributed by atoms with Crippen LogP contribution in [0.3, 0.4) is 0 Å². The van der Waals surface area contributed by atoms with E-state index in [9.17, 15) is 9.59 Å². The van der Waals surface area contributed by atoms with Crippen molar-refractivity contribution in [2.24, 2.45) is 0 Å².